The van der Waals surface area contributed by atoms with Gasteiger partial charge in [0.25, 0.3) is 0 Å². The highest BCUT2D eigenvalue weighted by molar-refractivity contribution is 5.94. The minimum absolute atomic E-state index is 0.105. The van der Waals surface area contributed by atoms with Crippen molar-refractivity contribution in [3.05, 3.63) is 0 Å². The number of rotatable bonds is 14. The fourth-order valence-electron chi connectivity index (χ4n) is 3.38. The van der Waals surface area contributed by atoms with Crippen molar-refractivity contribution in [2.24, 2.45) is 22.4 Å². The number of carbonyl (C=O) groups is 5. The molecular formula is C20H35N7O7. The zero-order chi connectivity index (χ0) is 25.8. The quantitative estimate of drug-likeness (QED) is 0.0728. The molecule has 14 heteroatoms. The number of nitrogens with two attached hydrogens (primary N) is 2. The first-order valence-corrected chi connectivity index (χ1v) is 11.1. The van der Waals surface area contributed by atoms with Crippen LogP contribution in [0.1, 0.15) is 46.0 Å². The van der Waals surface area contributed by atoms with Gasteiger partial charge < -0.3 is 42.9 Å². The Morgan fingerprint density at radius 2 is 1.71 bits per heavy atom. The molecule has 192 valence electrons. The Balaban J connectivity index is 2.92. The maximum atomic E-state index is 13.0. The van der Waals surface area contributed by atoms with Crippen LogP contribution in [0.2, 0.25) is 0 Å². The predicted molar refractivity (Wildman–Crippen MR) is 121 cm³/mol. The van der Waals surface area contributed by atoms with Gasteiger partial charge >= 0.3 is 11.9 Å². The number of hydrogen-bond donors (Lipinski definition) is 8. The number of hydrogen-bond acceptors (Lipinski definition) is 7. The van der Waals surface area contributed by atoms with Crippen LogP contribution in [0.3, 0.4) is 0 Å². The van der Waals surface area contributed by atoms with E-state index < -0.39 is 60.3 Å². The topological polar surface area (TPSA) is 238 Å². The van der Waals surface area contributed by atoms with E-state index in [1.165, 1.54) is 0 Å². The van der Waals surface area contributed by atoms with Crippen molar-refractivity contribution < 1.29 is 34.2 Å². The molecule has 0 aromatic rings. The summed E-state index contributed by atoms with van der Waals surface area (Å²) in [6.07, 6.45) is 1.19. The second-order valence-electron chi connectivity index (χ2n) is 8.39. The maximum Gasteiger partial charge on any atom is 0.326 e. The molecule has 1 heterocycles. The summed E-state index contributed by atoms with van der Waals surface area (Å²) in [6, 6.07) is -4.24. The Kier molecular flexibility index (Phi) is 11.8. The van der Waals surface area contributed by atoms with Crippen molar-refractivity contribution in [3.8, 4) is 0 Å². The number of carboxylic acids is 2. The van der Waals surface area contributed by atoms with Gasteiger partial charge in [0, 0.05) is 6.54 Å². The largest absolute Gasteiger partial charge is 0.481 e. The summed E-state index contributed by atoms with van der Waals surface area (Å²) in [5.41, 5.74) is 10.6. The first-order chi connectivity index (χ1) is 15.9. The van der Waals surface area contributed by atoms with E-state index in [4.69, 9.17) is 16.6 Å². The van der Waals surface area contributed by atoms with E-state index in [9.17, 15) is 29.1 Å². The van der Waals surface area contributed by atoms with Crippen LogP contribution < -0.4 is 32.7 Å². The average Bonchev–Trinajstić information content (AvgIpc) is 3.27. The molecule has 1 fully saturated rings. The summed E-state index contributed by atoms with van der Waals surface area (Å²) in [5, 5.41) is 28.5. The normalized spacial score (nSPS) is 17.8. The highest BCUT2D eigenvalue weighted by Crippen LogP contribution is 2.09. The number of aliphatic carboxylic acids is 2. The molecule has 1 rings (SSSR count). The number of nitrogens with zero attached hydrogens (tertiary/aromatic N) is 1. The molecule has 0 bridgehead atoms. The minimum Gasteiger partial charge on any atom is -0.481 e. The number of guanidine groups is 1. The lowest BCUT2D eigenvalue weighted by Crippen LogP contribution is -2.58. The van der Waals surface area contributed by atoms with Crippen molar-refractivity contribution in [2.45, 2.75) is 70.1 Å². The van der Waals surface area contributed by atoms with Crippen molar-refractivity contribution in [3.63, 3.8) is 0 Å². The number of aliphatic imine (C=N–C) groups is 1. The predicted octanol–water partition coefficient (Wildman–Crippen LogP) is -2.54. The van der Waals surface area contributed by atoms with Gasteiger partial charge in [-0.15, -0.1) is 0 Å². The molecule has 4 atom stereocenters. The van der Waals surface area contributed by atoms with Crippen LogP contribution in [0, 0.1) is 5.92 Å². The maximum absolute atomic E-state index is 13.0. The molecular weight excluding hydrogens is 450 g/mol. The molecule has 4 unspecified atom stereocenters. The van der Waals surface area contributed by atoms with E-state index in [2.05, 4.69) is 26.3 Å². The monoisotopic (exact) mass is 485 g/mol. The van der Waals surface area contributed by atoms with Crippen LogP contribution in [0.4, 0.5) is 0 Å². The molecule has 0 saturated carbocycles. The third-order valence-electron chi connectivity index (χ3n) is 5.20. The third kappa shape index (κ3) is 10.0. The summed E-state index contributed by atoms with van der Waals surface area (Å²) >= 11 is 0. The van der Waals surface area contributed by atoms with Crippen molar-refractivity contribution in [2.75, 3.05) is 13.1 Å². The van der Waals surface area contributed by atoms with E-state index in [1.807, 2.05) is 0 Å². The number of carboxylic acid groups (broad SMARTS) is 2. The lowest BCUT2D eigenvalue weighted by atomic mass is 10.0. The van der Waals surface area contributed by atoms with Gasteiger partial charge in [-0.1, -0.05) is 13.8 Å². The van der Waals surface area contributed by atoms with Gasteiger partial charge in [-0.25, -0.2) is 4.79 Å². The first-order valence-electron chi connectivity index (χ1n) is 11.1. The molecule has 0 aliphatic carbocycles. The van der Waals surface area contributed by atoms with E-state index in [1.54, 1.807) is 13.8 Å². The van der Waals surface area contributed by atoms with Crippen LogP contribution in [-0.2, 0) is 24.0 Å². The smallest absolute Gasteiger partial charge is 0.326 e. The summed E-state index contributed by atoms with van der Waals surface area (Å²) in [7, 11) is 0. The SMILES string of the molecule is CC(C)C(NC(=O)C(CCCN=C(N)N)NC(=O)C1CCCN1)C(=O)NC(CC(=O)O)C(=O)O. The fraction of sp³-hybridized carbons (Fsp3) is 0.700. The number of nitrogens with one attached hydrogen (secondary N) is 4. The molecule has 0 aromatic carbocycles. The second-order valence-corrected chi connectivity index (χ2v) is 8.39. The molecule has 1 saturated heterocycles. The highest BCUT2D eigenvalue weighted by Gasteiger charge is 2.33. The molecule has 3 amide bonds. The Labute approximate surface area is 197 Å². The zero-order valence-corrected chi connectivity index (χ0v) is 19.4. The molecule has 0 aromatic heterocycles. The molecule has 0 radical (unpaired) electrons. The summed E-state index contributed by atoms with van der Waals surface area (Å²) in [5.74, 6) is -5.32. The standard InChI is InChI=1S/C20H35N7O7/c1-10(2)15(18(32)26-13(19(33)34)9-14(28)29)27-17(31)12(6-4-8-24-20(21)22)25-16(30)11-5-3-7-23-11/h10-13,15,23H,3-9H2,1-2H3,(H,25,30)(H,26,32)(H,27,31)(H,28,29)(H,33,34)(H4,21,22,24). The zero-order valence-electron chi connectivity index (χ0n) is 19.4. The molecule has 10 N–H and O–H groups in total. The molecule has 1 aliphatic heterocycles. The average molecular weight is 486 g/mol. The van der Waals surface area contributed by atoms with E-state index >= 15 is 0 Å². The number of carbonyl (C=O) groups excluding carboxylic acids is 3. The summed E-state index contributed by atoms with van der Waals surface area (Å²) in [4.78, 5) is 64.3. The van der Waals surface area contributed by atoms with Gasteiger partial charge in [-0.05, 0) is 38.1 Å². The van der Waals surface area contributed by atoms with E-state index in [0.29, 0.717) is 19.4 Å². The Morgan fingerprint density at radius 1 is 1.03 bits per heavy atom. The van der Waals surface area contributed by atoms with Crippen LogP contribution >= 0.6 is 0 Å². The minimum atomic E-state index is -1.66. The summed E-state index contributed by atoms with van der Waals surface area (Å²) < 4.78 is 0. The van der Waals surface area contributed by atoms with Gasteiger partial charge in [0.1, 0.15) is 18.1 Å². The fourth-order valence-corrected chi connectivity index (χ4v) is 3.38. The van der Waals surface area contributed by atoms with Crippen molar-refractivity contribution in [1.29, 1.82) is 0 Å². The van der Waals surface area contributed by atoms with Crippen LogP contribution in [-0.4, -0.2) is 83.1 Å². The Morgan fingerprint density at radius 3 is 2.21 bits per heavy atom. The second kappa shape index (κ2) is 14.0. The lowest BCUT2D eigenvalue weighted by molar-refractivity contribution is -0.147. The molecule has 1 aliphatic rings. The molecule has 14 nitrogen and oxygen atoms in total. The van der Waals surface area contributed by atoms with Crippen LogP contribution in [0.15, 0.2) is 4.99 Å². The van der Waals surface area contributed by atoms with Crippen molar-refractivity contribution >= 4 is 35.6 Å². The van der Waals surface area contributed by atoms with Crippen molar-refractivity contribution in [1.82, 2.24) is 21.3 Å². The van der Waals surface area contributed by atoms with Gasteiger partial charge in [0.05, 0.1) is 12.5 Å². The molecule has 34 heavy (non-hydrogen) atoms. The first kappa shape index (κ1) is 28.6. The lowest BCUT2D eigenvalue weighted by Gasteiger charge is -2.27. The van der Waals surface area contributed by atoms with Crippen LogP contribution in [0.5, 0.6) is 0 Å². The van der Waals surface area contributed by atoms with Gasteiger partial charge in [-0.3, -0.25) is 24.2 Å². The number of amides is 3. The molecule has 0 spiro atoms. The Hall–Kier alpha value is -3.42. The highest BCUT2D eigenvalue weighted by atomic mass is 16.4. The van der Waals surface area contributed by atoms with Gasteiger partial charge in [0.15, 0.2) is 5.96 Å². The van der Waals surface area contributed by atoms with Gasteiger partial charge in [-0.2, -0.15) is 0 Å². The van der Waals surface area contributed by atoms with E-state index in [-0.39, 0.29) is 24.8 Å². The third-order valence-corrected chi connectivity index (χ3v) is 5.20. The van der Waals surface area contributed by atoms with Gasteiger partial charge in [0.2, 0.25) is 17.7 Å². The summed E-state index contributed by atoms with van der Waals surface area (Å²) in [6.45, 7) is 4.18. The van der Waals surface area contributed by atoms with E-state index in [0.717, 1.165) is 6.42 Å². The van der Waals surface area contributed by atoms with Crippen LogP contribution in [0.25, 0.3) is 0 Å². The Bertz CT molecular complexity index is 777.